The summed E-state index contributed by atoms with van der Waals surface area (Å²) in [6, 6.07) is 12.1. The predicted octanol–water partition coefficient (Wildman–Crippen LogP) is 2.32. The van der Waals surface area contributed by atoms with Gasteiger partial charge in [-0.15, -0.1) is 0 Å². The summed E-state index contributed by atoms with van der Waals surface area (Å²) in [6.07, 6.45) is 0. The second-order valence-corrected chi connectivity index (χ2v) is 3.99. The zero-order valence-electron chi connectivity index (χ0n) is 10.1. The van der Waals surface area contributed by atoms with E-state index in [1.807, 2.05) is 31.3 Å². The number of aromatic nitrogens is 1. The molecule has 0 saturated carbocycles. The Morgan fingerprint density at radius 3 is 2.65 bits per heavy atom. The molecule has 0 aliphatic rings. The van der Waals surface area contributed by atoms with Gasteiger partial charge in [0.2, 0.25) is 0 Å². The Kier molecular flexibility index (Phi) is 3.77. The zero-order chi connectivity index (χ0) is 12.1. The molecular weight excluding hydrogens is 216 g/mol. The van der Waals surface area contributed by atoms with Gasteiger partial charge in [-0.05, 0) is 17.8 Å². The van der Waals surface area contributed by atoms with Gasteiger partial charge in [0, 0.05) is 12.6 Å². The number of hydrogen-bond acceptors (Lipinski definition) is 4. The minimum absolute atomic E-state index is 0.521. The van der Waals surface area contributed by atoms with Crippen LogP contribution in [0.2, 0.25) is 0 Å². The molecule has 0 radical (unpaired) electrons. The standard InChI is InChI=1S/C13H16N2O2/c1-15(9-11-6-4-3-5-7-11)10-12-8-13(16-2)14-17-12/h3-8H,9-10H2,1-2H3. The quantitative estimate of drug-likeness (QED) is 0.793. The molecule has 0 aliphatic heterocycles. The molecule has 2 rings (SSSR count). The van der Waals surface area contributed by atoms with Crippen molar-refractivity contribution in [2.75, 3.05) is 14.2 Å². The van der Waals surface area contributed by atoms with Crippen molar-refractivity contribution in [2.45, 2.75) is 13.1 Å². The lowest BCUT2D eigenvalue weighted by Crippen LogP contribution is -2.16. The third-order valence-corrected chi connectivity index (χ3v) is 2.47. The molecule has 17 heavy (non-hydrogen) atoms. The lowest BCUT2D eigenvalue weighted by atomic mass is 10.2. The number of rotatable bonds is 5. The van der Waals surface area contributed by atoms with Crippen LogP contribution in [0.25, 0.3) is 0 Å². The first kappa shape index (κ1) is 11.7. The van der Waals surface area contributed by atoms with Crippen LogP contribution in [-0.2, 0) is 13.1 Å². The molecule has 4 heteroatoms. The molecular formula is C13H16N2O2. The Labute approximate surface area is 101 Å². The third kappa shape index (κ3) is 3.32. The van der Waals surface area contributed by atoms with Crippen LogP contribution in [0.3, 0.4) is 0 Å². The summed E-state index contributed by atoms with van der Waals surface area (Å²) in [6.45, 7) is 1.59. The normalized spacial score (nSPS) is 10.8. The van der Waals surface area contributed by atoms with E-state index in [0.29, 0.717) is 12.4 Å². The van der Waals surface area contributed by atoms with Crippen LogP contribution < -0.4 is 4.74 Å². The average molecular weight is 232 g/mol. The van der Waals surface area contributed by atoms with Crippen molar-refractivity contribution in [3.63, 3.8) is 0 Å². The Morgan fingerprint density at radius 2 is 2.00 bits per heavy atom. The monoisotopic (exact) mass is 232 g/mol. The fourth-order valence-electron chi connectivity index (χ4n) is 1.68. The maximum absolute atomic E-state index is 5.15. The molecule has 1 aromatic carbocycles. The second kappa shape index (κ2) is 5.50. The Bertz CT molecular complexity index is 453. The van der Waals surface area contributed by atoms with Crippen LogP contribution in [0.1, 0.15) is 11.3 Å². The van der Waals surface area contributed by atoms with Crippen LogP contribution >= 0.6 is 0 Å². The van der Waals surface area contributed by atoms with Gasteiger partial charge in [-0.25, -0.2) is 0 Å². The maximum atomic E-state index is 5.15. The van der Waals surface area contributed by atoms with Gasteiger partial charge in [0.25, 0.3) is 5.88 Å². The summed E-state index contributed by atoms with van der Waals surface area (Å²) in [7, 11) is 3.62. The SMILES string of the molecule is COc1cc(CN(C)Cc2ccccc2)on1. The van der Waals surface area contributed by atoms with E-state index in [2.05, 4.69) is 22.2 Å². The van der Waals surface area contributed by atoms with E-state index in [9.17, 15) is 0 Å². The van der Waals surface area contributed by atoms with Crippen molar-refractivity contribution in [1.82, 2.24) is 10.1 Å². The predicted molar refractivity (Wildman–Crippen MR) is 64.7 cm³/mol. The fraction of sp³-hybridized carbons (Fsp3) is 0.308. The van der Waals surface area contributed by atoms with Crippen LogP contribution in [0.15, 0.2) is 40.9 Å². The molecule has 0 fully saturated rings. The number of nitrogens with zero attached hydrogens (tertiary/aromatic N) is 2. The zero-order valence-corrected chi connectivity index (χ0v) is 10.1. The van der Waals surface area contributed by atoms with Gasteiger partial charge >= 0.3 is 0 Å². The highest BCUT2D eigenvalue weighted by Crippen LogP contribution is 2.13. The van der Waals surface area contributed by atoms with E-state index < -0.39 is 0 Å². The highest BCUT2D eigenvalue weighted by molar-refractivity contribution is 5.15. The van der Waals surface area contributed by atoms with Crippen LogP contribution in [0.4, 0.5) is 0 Å². The minimum atomic E-state index is 0.521. The van der Waals surface area contributed by atoms with Gasteiger partial charge in [-0.3, -0.25) is 4.90 Å². The summed E-state index contributed by atoms with van der Waals surface area (Å²) >= 11 is 0. The summed E-state index contributed by atoms with van der Waals surface area (Å²) in [5.74, 6) is 1.33. The topological polar surface area (TPSA) is 38.5 Å². The Hall–Kier alpha value is -1.81. The van der Waals surface area contributed by atoms with Crippen molar-refractivity contribution in [1.29, 1.82) is 0 Å². The van der Waals surface area contributed by atoms with Gasteiger partial charge in [-0.1, -0.05) is 30.3 Å². The number of ether oxygens (including phenoxy) is 1. The molecule has 0 saturated heterocycles. The maximum Gasteiger partial charge on any atom is 0.254 e. The first-order chi connectivity index (χ1) is 8.28. The van der Waals surface area contributed by atoms with Gasteiger partial charge < -0.3 is 9.26 Å². The molecule has 0 N–H and O–H groups in total. The highest BCUT2D eigenvalue weighted by Gasteiger charge is 2.07. The molecule has 1 heterocycles. The number of hydrogen-bond donors (Lipinski definition) is 0. The molecule has 0 unspecified atom stereocenters. The summed E-state index contributed by atoms with van der Waals surface area (Å²) in [5, 5.41) is 3.77. The molecule has 90 valence electrons. The number of methoxy groups -OCH3 is 1. The van der Waals surface area contributed by atoms with Crippen molar-refractivity contribution >= 4 is 0 Å². The highest BCUT2D eigenvalue weighted by atomic mass is 16.5. The van der Waals surface area contributed by atoms with E-state index in [4.69, 9.17) is 9.26 Å². The molecule has 0 amide bonds. The average Bonchev–Trinajstić information content (AvgIpc) is 2.78. The van der Waals surface area contributed by atoms with Crippen molar-refractivity contribution < 1.29 is 9.26 Å². The van der Waals surface area contributed by atoms with Gasteiger partial charge in [0.15, 0.2) is 5.76 Å². The molecule has 0 bridgehead atoms. The summed E-state index contributed by atoms with van der Waals surface area (Å²) < 4.78 is 10.1. The Morgan fingerprint density at radius 1 is 1.24 bits per heavy atom. The largest absolute Gasteiger partial charge is 0.479 e. The lowest BCUT2D eigenvalue weighted by molar-refractivity contribution is 0.260. The molecule has 0 atom stereocenters. The smallest absolute Gasteiger partial charge is 0.254 e. The first-order valence-electron chi connectivity index (χ1n) is 5.50. The van der Waals surface area contributed by atoms with Gasteiger partial charge in [0.05, 0.1) is 13.7 Å². The molecule has 2 aromatic rings. The lowest BCUT2D eigenvalue weighted by Gasteiger charge is -2.14. The van der Waals surface area contributed by atoms with Crippen molar-refractivity contribution in [2.24, 2.45) is 0 Å². The van der Waals surface area contributed by atoms with Crippen molar-refractivity contribution in [3.05, 3.63) is 47.7 Å². The Balaban J connectivity index is 1.91. The minimum Gasteiger partial charge on any atom is -0.479 e. The third-order valence-electron chi connectivity index (χ3n) is 2.47. The summed E-state index contributed by atoms with van der Waals surface area (Å²) in [4.78, 5) is 2.16. The van der Waals surface area contributed by atoms with E-state index in [-0.39, 0.29) is 0 Å². The fourth-order valence-corrected chi connectivity index (χ4v) is 1.68. The van der Waals surface area contributed by atoms with Crippen molar-refractivity contribution in [3.8, 4) is 5.88 Å². The van der Waals surface area contributed by atoms with Crippen LogP contribution in [0, 0.1) is 0 Å². The first-order valence-corrected chi connectivity index (χ1v) is 5.50. The van der Waals surface area contributed by atoms with Crippen LogP contribution in [0.5, 0.6) is 5.88 Å². The van der Waals surface area contributed by atoms with E-state index in [1.54, 1.807) is 7.11 Å². The molecule has 4 nitrogen and oxygen atoms in total. The van der Waals surface area contributed by atoms with Gasteiger partial charge in [-0.2, -0.15) is 0 Å². The summed E-state index contributed by atoms with van der Waals surface area (Å²) in [5.41, 5.74) is 1.28. The van der Waals surface area contributed by atoms with E-state index >= 15 is 0 Å². The second-order valence-electron chi connectivity index (χ2n) is 3.99. The van der Waals surface area contributed by atoms with E-state index in [1.165, 1.54) is 5.56 Å². The number of benzene rings is 1. The van der Waals surface area contributed by atoms with Crippen LogP contribution in [-0.4, -0.2) is 24.2 Å². The molecule has 0 aliphatic carbocycles. The molecule has 0 spiro atoms. The molecule has 1 aromatic heterocycles. The van der Waals surface area contributed by atoms with E-state index in [0.717, 1.165) is 12.3 Å². The van der Waals surface area contributed by atoms with Gasteiger partial charge in [0.1, 0.15) is 0 Å².